The van der Waals surface area contributed by atoms with Gasteiger partial charge in [0, 0.05) is 17.1 Å². The molecule has 1 N–H and O–H groups in total. The minimum atomic E-state index is -0.571. The number of halogens is 1. The quantitative estimate of drug-likeness (QED) is 0.935. The standard InChI is InChI=1S/C13H12BrNO/c14-11-7-4-8-15-13(11)12(16)9-10-5-2-1-3-6-10/h1-8,12,16H,9H2. The first-order chi connectivity index (χ1) is 7.77. The molecule has 0 saturated heterocycles. The van der Waals surface area contributed by atoms with Gasteiger partial charge in [0.2, 0.25) is 0 Å². The number of aromatic nitrogens is 1. The average Bonchev–Trinajstić information content (AvgIpc) is 2.31. The maximum absolute atomic E-state index is 10.1. The Morgan fingerprint density at radius 2 is 1.88 bits per heavy atom. The maximum Gasteiger partial charge on any atom is 0.101 e. The first-order valence-corrected chi connectivity index (χ1v) is 5.89. The Morgan fingerprint density at radius 1 is 1.12 bits per heavy atom. The van der Waals surface area contributed by atoms with E-state index in [1.165, 1.54) is 0 Å². The predicted molar refractivity (Wildman–Crippen MR) is 67.0 cm³/mol. The highest BCUT2D eigenvalue weighted by atomic mass is 79.9. The molecule has 0 amide bonds. The SMILES string of the molecule is OC(Cc1ccccc1)c1ncccc1Br. The predicted octanol–water partition coefficient (Wildman–Crippen LogP) is 3.12. The summed E-state index contributed by atoms with van der Waals surface area (Å²) >= 11 is 3.39. The van der Waals surface area contributed by atoms with Crippen molar-refractivity contribution in [1.82, 2.24) is 4.98 Å². The molecule has 1 heterocycles. The van der Waals surface area contributed by atoms with Gasteiger partial charge in [0.15, 0.2) is 0 Å². The van der Waals surface area contributed by atoms with Gasteiger partial charge >= 0.3 is 0 Å². The summed E-state index contributed by atoms with van der Waals surface area (Å²) in [5.74, 6) is 0. The second-order valence-corrected chi connectivity index (χ2v) is 4.43. The Hall–Kier alpha value is -1.19. The maximum atomic E-state index is 10.1. The van der Waals surface area contributed by atoms with E-state index in [1.54, 1.807) is 6.20 Å². The lowest BCUT2D eigenvalue weighted by Crippen LogP contribution is -2.04. The van der Waals surface area contributed by atoms with Crippen LogP contribution in [0.4, 0.5) is 0 Å². The van der Waals surface area contributed by atoms with Crippen molar-refractivity contribution >= 4 is 15.9 Å². The fourth-order valence-electron chi connectivity index (χ4n) is 1.58. The molecule has 2 nitrogen and oxygen atoms in total. The number of aliphatic hydroxyl groups excluding tert-OH is 1. The summed E-state index contributed by atoms with van der Waals surface area (Å²) in [5, 5.41) is 10.1. The number of aliphatic hydroxyl groups is 1. The fourth-order valence-corrected chi connectivity index (χ4v) is 2.10. The van der Waals surface area contributed by atoms with E-state index in [0.29, 0.717) is 12.1 Å². The molecule has 0 aliphatic carbocycles. The van der Waals surface area contributed by atoms with Crippen molar-refractivity contribution in [3.8, 4) is 0 Å². The monoisotopic (exact) mass is 277 g/mol. The molecule has 1 atom stereocenters. The molecule has 1 aromatic heterocycles. The van der Waals surface area contributed by atoms with Crippen LogP contribution in [0.3, 0.4) is 0 Å². The van der Waals surface area contributed by atoms with Crippen LogP contribution >= 0.6 is 15.9 Å². The van der Waals surface area contributed by atoms with E-state index in [2.05, 4.69) is 20.9 Å². The molecule has 0 aliphatic rings. The van der Waals surface area contributed by atoms with Gasteiger partial charge in [-0.25, -0.2) is 0 Å². The van der Waals surface area contributed by atoms with Crippen molar-refractivity contribution in [2.75, 3.05) is 0 Å². The number of hydrogen-bond donors (Lipinski definition) is 1. The summed E-state index contributed by atoms with van der Waals surface area (Å²) in [7, 11) is 0. The van der Waals surface area contributed by atoms with Crippen molar-refractivity contribution in [3.05, 3.63) is 64.4 Å². The van der Waals surface area contributed by atoms with Crippen LogP contribution in [0.1, 0.15) is 17.4 Å². The zero-order chi connectivity index (χ0) is 11.4. The summed E-state index contributed by atoms with van der Waals surface area (Å²) in [6, 6.07) is 13.6. The molecule has 3 heteroatoms. The van der Waals surface area contributed by atoms with Gasteiger partial charge in [-0.2, -0.15) is 0 Å². The van der Waals surface area contributed by atoms with Crippen LogP contribution in [-0.4, -0.2) is 10.1 Å². The highest BCUT2D eigenvalue weighted by Gasteiger charge is 2.12. The van der Waals surface area contributed by atoms with Gasteiger partial charge in [-0.15, -0.1) is 0 Å². The van der Waals surface area contributed by atoms with Crippen molar-refractivity contribution in [3.63, 3.8) is 0 Å². The Morgan fingerprint density at radius 3 is 2.56 bits per heavy atom. The van der Waals surface area contributed by atoms with Crippen LogP contribution in [0.25, 0.3) is 0 Å². The van der Waals surface area contributed by atoms with Crippen LogP contribution in [0.15, 0.2) is 53.1 Å². The van der Waals surface area contributed by atoms with Gasteiger partial charge in [-0.3, -0.25) is 4.98 Å². The van der Waals surface area contributed by atoms with Crippen molar-refractivity contribution in [1.29, 1.82) is 0 Å². The number of rotatable bonds is 3. The fraction of sp³-hybridized carbons (Fsp3) is 0.154. The highest BCUT2D eigenvalue weighted by Crippen LogP contribution is 2.23. The molecule has 0 radical (unpaired) electrons. The molecular formula is C13H12BrNO. The van der Waals surface area contributed by atoms with Crippen molar-refractivity contribution < 1.29 is 5.11 Å². The normalized spacial score (nSPS) is 12.4. The van der Waals surface area contributed by atoms with Crippen LogP contribution in [0.2, 0.25) is 0 Å². The lowest BCUT2D eigenvalue weighted by molar-refractivity contribution is 0.173. The van der Waals surface area contributed by atoms with Gasteiger partial charge in [0.25, 0.3) is 0 Å². The third-order valence-electron chi connectivity index (χ3n) is 2.37. The molecule has 0 saturated carbocycles. The Labute approximate surface area is 103 Å². The van der Waals surface area contributed by atoms with E-state index in [4.69, 9.17) is 0 Å². The molecule has 0 fully saturated rings. The van der Waals surface area contributed by atoms with Gasteiger partial charge in [0.1, 0.15) is 6.10 Å². The Kier molecular flexibility index (Phi) is 3.70. The number of benzene rings is 1. The van der Waals surface area contributed by atoms with E-state index in [0.717, 1.165) is 10.0 Å². The molecule has 0 spiro atoms. The molecule has 2 rings (SSSR count). The summed E-state index contributed by atoms with van der Waals surface area (Å²) in [6.07, 6.45) is 1.70. The molecular weight excluding hydrogens is 266 g/mol. The zero-order valence-corrected chi connectivity index (χ0v) is 10.3. The molecule has 1 unspecified atom stereocenters. The molecule has 0 bridgehead atoms. The number of pyridine rings is 1. The van der Waals surface area contributed by atoms with Gasteiger partial charge in [-0.05, 0) is 33.6 Å². The molecule has 82 valence electrons. The smallest absolute Gasteiger partial charge is 0.101 e. The van der Waals surface area contributed by atoms with E-state index in [-0.39, 0.29) is 0 Å². The summed E-state index contributed by atoms with van der Waals surface area (Å²) < 4.78 is 0.846. The lowest BCUT2D eigenvalue weighted by Gasteiger charge is -2.11. The zero-order valence-electron chi connectivity index (χ0n) is 8.68. The summed E-state index contributed by atoms with van der Waals surface area (Å²) in [6.45, 7) is 0. The van der Waals surface area contributed by atoms with Crippen molar-refractivity contribution in [2.45, 2.75) is 12.5 Å². The average molecular weight is 278 g/mol. The Balaban J connectivity index is 2.15. The Bertz CT molecular complexity index is 458. The second kappa shape index (κ2) is 5.23. The molecule has 0 aliphatic heterocycles. The van der Waals surface area contributed by atoms with Crippen molar-refractivity contribution in [2.24, 2.45) is 0 Å². The largest absolute Gasteiger partial charge is 0.386 e. The third kappa shape index (κ3) is 2.68. The summed E-state index contributed by atoms with van der Waals surface area (Å²) in [4.78, 5) is 4.18. The molecule has 1 aromatic carbocycles. The summed E-state index contributed by atoms with van der Waals surface area (Å²) in [5.41, 5.74) is 1.79. The second-order valence-electron chi connectivity index (χ2n) is 3.58. The minimum absolute atomic E-state index is 0.571. The lowest BCUT2D eigenvalue weighted by atomic mass is 10.1. The van der Waals surface area contributed by atoms with Gasteiger partial charge < -0.3 is 5.11 Å². The topological polar surface area (TPSA) is 33.1 Å². The van der Waals surface area contributed by atoms with E-state index in [1.807, 2.05) is 42.5 Å². The van der Waals surface area contributed by atoms with Crippen LogP contribution in [-0.2, 0) is 6.42 Å². The molecule has 16 heavy (non-hydrogen) atoms. The van der Waals surface area contributed by atoms with E-state index < -0.39 is 6.10 Å². The van der Waals surface area contributed by atoms with E-state index in [9.17, 15) is 5.11 Å². The van der Waals surface area contributed by atoms with Gasteiger partial charge in [-0.1, -0.05) is 30.3 Å². The number of nitrogens with zero attached hydrogens (tertiary/aromatic N) is 1. The molecule has 2 aromatic rings. The van der Waals surface area contributed by atoms with Gasteiger partial charge in [0.05, 0.1) is 5.69 Å². The first kappa shape index (κ1) is 11.3. The number of hydrogen-bond acceptors (Lipinski definition) is 2. The third-order valence-corrected chi connectivity index (χ3v) is 3.05. The van der Waals surface area contributed by atoms with Crippen LogP contribution in [0, 0.1) is 0 Å². The van der Waals surface area contributed by atoms with Crippen LogP contribution in [0.5, 0.6) is 0 Å². The highest BCUT2D eigenvalue weighted by molar-refractivity contribution is 9.10. The van der Waals surface area contributed by atoms with Crippen LogP contribution < -0.4 is 0 Å². The van der Waals surface area contributed by atoms with E-state index >= 15 is 0 Å². The first-order valence-electron chi connectivity index (χ1n) is 5.10. The minimum Gasteiger partial charge on any atom is -0.386 e.